The van der Waals surface area contributed by atoms with Crippen molar-refractivity contribution in [1.82, 2.24) is 9.55 Å². The van der Waals surface area contributed by atoms with E-state index in [-0.39, 0.29) is 0 Å². The Bertz CT molecular complexity index is 805. The summed E-state index contributed by atoms with van der Waals surface area (Å²) in [5.74, 6) is 0. The van der Waals surface area contributed by atoms with E-state index in [0.717, 1.165) is 32.8 Å². The lowest BCUT2D eigenvalue weighted by Crippen LogP contribution is -1.99. The summed E-state index contributed by atoms with van der Waals surface area (Å²) in [5, 5.41) is 0. The van der Waals surface area contributed by atoms with Crippen LogP contribution in [0.5, 0.6) is 0 Å². The van der Waals surface area contributed by atoms with Crippen LogP contribution in [0.25, 0.3) is 5.69 Å². The zero-order valence-electron chi connectivity index (χ0n) is 12.5. The van der Waals surface area contributed by atoms with E-state index in [9.17, 15) is 0 Å². The molecule has 0 aliphatic carbocycles. The van der Waals surface area contributed by atoms with Gasteiger partial charge in [0.05, 0.1) is 11.9 Å². The molecule has 1 aromatic carbocycles. The molecule has 3 aromatic rings. The average molecular weight is 354 g/mol. The van der Waals surface area contributed by atoms with Crippen molar-refractivity contribution in [2.75, 3.05) is 0 Å². The molecule has 0 fully saturated rings. The highest BCUT2D eigenvalue weighted by molar-refractivity contribution is 9.10. The molecule has 0 unspecified atom stereocenters. The van der Waals surface area contributed by atoms with E-state index in [4.69, 9.17) is 0 Å². The Hall–Kier alpha value is -2.20. The first-order valence-electron chi connectivity index (χ1n) is 7.05. The number of para-hydroxylation sites is 1. The van der Waals surface area contributed by atoms with Gasteiger partial charge >= 0.3 is 0 Å². The van der Waals surface area contributed by atoms with Crippen LogP contribution < -0.4 is 0 Å². The van der Waals surface area contributed by atoms with Gasteiger partial charge in [0.2, 0.25) is 0 Å². The van der Waals surface area contributed by atoms with Crippen LogP contribution in [0, 0.1) is 13.8 Å². The number of benzene rings is 1. The maximum absolute atomic E-state index is 4.52. The summed E-state index contributed by atoms with van der Waals surface area (Å²) in [6.45, 7) is 4.21. The van der Waals surface area contributed by atoms with Gasteiger partial charge in [-0.3, -0.25) is 9.98 Å². The van der Waals surface area contributed by atoms with Crippen molar-refractivity contribution < 1.29 is 0 Å². The summed E-state index contributed by atoms with van der Waals surface area (Å²) in [6, 6.07) is 14.2. The molecular formula is C18H16BrN3. The summed E-state index contributed by atoms with van der Waals surface area (Å²) >= 11 is 3.70. The van der Waals surface area contributed by atoms with Crippen molar-refractivity contribution >= 4 is 27.8 Å². The Morgan fingerprint density at radius 1 is 1.05 bits per heavy atom. The van der Waals surface area contributed by atoms with Crippen LogP contribution in [0.4, 0.5) is 5.69 Å². The van der Waals surface area contributed by atoms with Crippen LogP contribution in [0.3, 0.4) is 0 Å². The Morgan fingerprint density at radius 3 is 2.50 bits per heavy atom. The number of halogens is 1. The quantitative estimate of drug-likeness (QED) is 0.609. The van der Waals surface area contributed by atoms with Gasteiger partial charge in [0.15, 0.2) is 0 Å². The first-order valence-corrected chi connectivity index (χ1v) is 7.84. The van der Waals surface area contributed by atoms with Gasteiger partial charge in [-0.15, -0.1) is 0 Å². The largest absolute Gasteiger partial charge is 0.317 e. The third kappa shape index (κ3) is 2.74. The minimum Gasteiger partial charge on any atom is -0.317 e. The van der Waals surface area contributed by atoms with E-state index in [2.05, 4.69) is 56.5 Å². The molecule has 22 heavy (non-hydrogen) atoms. The van der Waals surface area contributed by atoms with Crippen LogP contribution in [0.2, 0.25) is 0 Å². The van der Waals surface area contributed by atoms with Crippen LogP contribution in [0.15, 0.2) is 64.3 Å². The Balaban J connectivity index is 2.05. The van der Waals surface area contributed by atoms with Gasteiger partial charge in [0.1, 0.15) is 0 Å². The smallest absolute Gasteiger partial charge is 0.0813 e. The lowest BCUT2D eigenvalue weighted by Gasteiger charge is -2.08. The molecule has 3 nitrogen and oxygen atoms in total. The minimum atomic E-state index is 0.846. The topological polar surface area (TPSA) is 30.2 Å². The minimum absolute atomic E-state index is 0.846. The summed E-state index contributed by atoms with van der Waals surface area (Å²) in [4.78, 5) is 8.60. The van der Waals surface area contributed by atoms with E-state index in [1.165, 1.54) is 0 Å². The van der Waals surface area contributed by atoms with Crippen molar-refractivity contribution in [3.05, 3.63) is 76.3 Å². The van der Waals surface area contributed by atoms with Crippen LogP contribution in [-0.2, 0) is 0 Å². The summed E-state index contributed by atoms with van der Waals surface area (Å²) in [7, 11) is 0. The molecule has 0 spiro atoms. The summed E-state index contributed by atoms with van der Waals surface area (Å²) in [6.07, 6.45) is 5.39. The normalized spacial score (nSPS) is 11.2. The fraction of sp³-hybridized carbons (Fsp3) is 0.111. The van der Waals surface area contributed by atoms with Gasteiger partial charge < -0.3 is 4.57 Å². The van der Waals surface area contributed by atoms with E-state index in [0.29, 0.717) is 0 Å². The number of hydrogen-bond acceptors (Lipinski definition) is 2. The molecule has 0 amide bonds. The zero-order chi connectivity index (χ0) is 15.5. The standard InChI is InChI=1S/C18H16BrN3/c1-13-17(12-21-15-7-6-10-20-11-15)18(19)14(2)22(13)16-8-4-3-5-9-16/h3-12H,1-2H3. The summed E-state index contributed by atoms with van der Waals surface area (Å²) in [5.41, 5.74) is 5.41. The second-order valence-electron chi connectivity index (χ2n) is 5.04. The number of pyridine rings is 1. The fourth-order valence-corrected chi connectivity index (χ4v) is 3.07. The molecule has 0 radical (unpaired) electrons. The van der Waals surface area contributed by atoms with E-state index in [1.807, 2.05) is 36.5 Å². The number of aromatic nitrogens is 2. The molecule has 110 valence electrons. The predicted molar refractivity (Wildman–Crippen MR) is 94.4 cm³/mol. The maximum Gasteiger partial charge on any atom is 0.0813 e. The second kappa shape index (κ2) is 6.28. The molecule has 0 aliphatic rings. The molecule has 0 N–H and O–H groups in total. The number of rotatable bonds is 3. The Morgan fingerprint density at radius 2 is 1.82 bits per heavy atom. The van der Waals surface area contributed by atoms with Crippen LogP contribution >= 0.6 is 15.9 Å². The molecule has 0 bridgehead atoms. The molecule has 4 heteroatoms. The van der Waals surface area contributed by atoms with Crippen LogP contribution in [-0.4, -0.2) is 15.8 Å². The second-order valence-corrected chi connectivity index (χ2v) is 5.83. The zero-order valence-corrected chi connectivity index (χ0v) is 14.1. The molecule has 3 rings (SSSR count). The first kappa shape index (κ1) is 14.7. The van der Waals surface area contributed by atoms with Gasteiger partial charge in [-0.05, 0) is 54.0 Å². The van der Waals surface area contributed by atoms with Crippen LogP contribution in [0.1, 0.15) is 17.0 Å². The van der Waals surface area contributed by atoms with E-state index in [1.54, 1.807) is 12.4 Å². The third-order valence-electron chi connectivity index (χ3n) is 3.62. The van der Waals surface area contributed by atoms with Gasteiger partial charge in [-0.1, -0.05) is 18.2 Å². The molecule has 2 heterocycles. The first-order chi connectivity index (χ1) is 10.7. The summed E-state index contributed by atoms with van der Waals surface area (Å²) < 4.78 is 3.30. The highest BCUT2D eigenvalue weighted by atomic mass is 79.9. The van der Waals surface area contributed by atoms with Crippen molar-refractivity contribution in [2.45, 2.75) is 13.8 Å². The highest BCUT2D eigenvalue weighted by Gasteiger charge is 2.15. The maximum atomic E-state index is 4.52. The molecular weight excluding hydrogens is 338 g/mol. The SMILES string of the molecule is Cc1c(Br)c(C=Nc2cccnc2)c(C)n1-c1ccccc1. The van der Waals surface area contributed by atoms with Gasteiger partial charge in [-0.2, -0.15) is 0 Å². The fourth-order valence-electron chi connectivity index (χ4n) is 2.51. The molecule has 2 aromatic heterocycles. The Labute approximate surface area is 138 Å². The van der Waals surface area contributed by atoms with Gasteiger partial charge in [-0.25, -0.2) is 0 Å². The molecule has 0 saturated carbocycles. The predicted octanol–water partition coefficient (Wildman–Crippen LogP) is 5.00. The number of nitrogens with zero attached hydrogens (tertiary/aromatic N) is 3. The lowest BCUT2D eigenvalue weighted by atomic mass is 10.2. The number of aliphatic imine (C=N–C) groups is 1. The van der Waals surface area contributed by atoms with Crippen molar-refractivity contribution in [3.63, 3.8) is 0 Å². The molecule has 0 saturated heterocycles. The highest BCUT2D eigenvalue weighted by Crippen LogP contribution is 2.29. The third-order valence-corrected chi connectivity index (χ3v) is 4.62. The van der Waals surface area contributed by atoms with Crippen molar-refractivity contribution in [2.24, 2.45) is 4.99 Å². The number of hydrogen-bond donors (Lipinski definition) is 0. The monoisotopic (exact) mass is 353 g/mol. The molecule has 0 aliphatic heterocycles. The van der Waals surface area contributed by atoms with Gasteiger partial charge in [0, 0.05) is 39.5 Å². The van der Waals surface area contributed by atoms with Gasteiger partial charge in [0.25, 0.3) is 0 Å². The average Bonchev–Trinajstić information content (AvgIpc) is 2.77. The lowest BCUT2D eigenvalue weighted by molar-refractivity contribution is 0.962. The molecule has 0 atom stereocenters. The van der Waals surface area contributed by atoms with E-state index < -0.39 is 0 Å². The Kier molecular flexibility index (Phi) is 4.20. The van der Waals surface area contributed by atoms with E-state index >= 15 is 0 Å². The van der Waals surface area contributed by atoms with Crippen molar-refractivity contribution in [3.8, 4) is 5.69 Å². The van der Waals surface area contributed by atoms with Crippen molar-refractivity contribution in [1.29, 1.82) is 0 Å².